The Morgan fingerprint density at radius 3 is 2.61 bits per heavy atom. The molecule has 2 aromatic rings. The largest absolute Gasteiger partial charge is 0.384 e. The first-order valence-corrected chi connectivity index (χ1v) is 5.58. The quantitative estimate of drug-likeness (QED) is 0.881. The van der Waals surface area contributed by atoms with Crippen molar-refractivity contribution in [2.45, 2.75) is 26.3 Å². The van der Waals surface area contributed by atoms with Crippen molar-refractivity contribution in [3.05, 3.63) is 24.0 Å². The van der Waals surface area contributed by atoms with Gasteiger partial charge in [-0.25, -0.2) is 18.7 Å². The maximum Gasteiger partial charge on any atom is 0.280 e. The van der Waals surface area contributed by atoms with Gasteiger partial charge < -0.3 is 11.1 Å². The van der Waals surface area contributed by atoms with Crippen LogP contribution in [0.5, 0.6) is 0 Å². The van der Waals surface area contributed by atoms with Gasteiger partial charge in [-0.1, -0.05) is 0 Å². The van der Waals surface area contributed by atoms with E-state index >= 15 is 0 Å². The Bertz CT molecular complexity index is 569. The summed E-state index contributed by atoms with van der Waals surface area (Å²) in [4.78, 5) is 7.84. The Morgan fingerprint density at radius 1 is 1.28 bits per heavy atom. The molecule has 0 aliphatic heterocycles. The lowest BCUT2D eigenvalue weighted by atomic mass is 10.1. The number of hydrogen-bond acceptors (Lipinski definition) is 4. The highest BCUT2D eigenvalue weighted by Gasteiger charge is 2.14. The highest BCUT2D eigenvalue weighted by molar-refractivity contribution is 5.93. The smallest absolute Gasteiger partial charge is 0.280 e. The third-order valence-corrected chi connectivity index (χ3v) is 2.40. The van der Waals surface area contributed by atoms with Crippen molar-refractivity contribution >= 4 is 22.4 Å². The number of alkyl halides is 2. The standard InChI is InChI=1S/C12H14F2N4/c1-6(2)17-12-8-4-10(15)16-5-7(8)3-9(18-12)11(13)14/h3-6,11H,1-2H3,(H2,15,16)(H,17,18). The van der Waals surface area contributed by atoms with Gasteiger partial charge in [-0.2, -0.15) is 0 Å². The molecule has 4 nitrogen and oxygen atoms in total. The van der Waals surface area contributed by atoms with Crippen molar-refractivity contribution in [1.29, 1.82) is 0 Å². The molecular weight excluding hydrogens is 238 g/mol. The maximum absolute atomic E-state index is 12.8. The van der Waals surface area contributed by atoms with Crippen molar-refractivity contribution in [1.82, 2.24) is 9.97 Å². The van der Waals surface area contributed by atoms with E-state index in [2.05, 4.69) is 15.3 Å². The van der Waals surface area contributed by atoms with Gasteiger partial charge in [-0.05, 0) is 26.0 Å². The van der Waals surface area contributed by atoms with E-state index in [1.165, 1.54) is 12.3 Å². The van der Waals surface area contributed by atoms with E-state index in [1.807, 2.05) is 13.8 Å². The van der Waals surface area contributed by atoms with E-state index in [0.29, 0.717) is 22.4 Å². The molecule has 0 saturated carbocycles. The highest BCUT2D eigenvalue weighted by Crippen LogP contribution is 2.28. The second kappa shape index (κ2) is 4.72. The fourth-order valence-corrected chi connectivity index (χ4v) is 1.68. The van der Waals surface area contributed by atoms with Crippen LogP contribution in [0.2, 0.25) is 0 Å². The Kier molecular flexibility index (Phi) is 3.27. The Hall–Kier alpha value is -1.98. The van der Waals surface area contributed by atoms with Crippen LogP contribution in [0, 0.1) is 0 Å². The van der Waals surface area contributed by atoms with Gasteiger partial charge in [-0.15, -0.1) is 0 Å². The molecule has 0 saturated heterocycles. The lowest BCUT2D eigenvalue weighted by molar-refractivity contribution is 0.146. The Labute approximate surface area is 103 Å². The number of anilines is 2. The number of nitrogens with two attached hydrogens (primary N) is 1. The molecule has 0 atom stereocenters. The number of pyridine rings is 2. The van der Waals surface area contributed by atoms with Crippen LogP contribution in [0.3, 0.4) is 0 Å². The van der Waals surface area contributed by atoms with Gasteiger partial charge in [-0.3, -0.25) is 0 Å². The second-order valence-electron chi connectivity index (χ2n) is 4.33. The molecule has 6 heteroatoms. The average Bonchev–Trinajstić information content (AvgIpc) is 2.28. The molecule has 0 spiro atoms. The predicted octanol–water partition coefficient (Wildman–Crippen LogP) is 2.97. The predicted molar refractivity (Wildman–Crippen MR) is 67.7 cm³/mol. The third-order valence-electron chi connectivity index (χ3n) is 2.40. The molecular formula is C12H14F2N4. The van der Waals surface area contributed by atoms with Gasteiger partial charge in [0, 0.05) is 23.0 Å². The van der Waals surface area contributed by atoms with Crippen LogP contribution in [0.1, 0.15) is 26.0 Å². The summed E-state index contributed by atoms with van der Waals surface area (Å²) >= 11 is 0. The number of nitrogens with one attached hydrogen (secondary N) is 1. The molecule has 2 heterocycles. The molecule has 0 fully saturated rings. The summed E-state index contributed by atoms with van der Waals surface area (Å²) in [6.45, 7) is 3.82. The number of halogens is 2. The Morgan fingerprint density at radius 2 is 2.00 bits per heavy atom. The van der Waals surface area contributed by atoms with E-state index in [0.717, 1.165) is 0 Å². The van der Waals surface area contributed by atoms with Crippen LogP contribution in [-0.4, -0.2) is 16.0 Å². The third kappa shape index (κ3) is 2.47. The summed E-state index contributed by atoms with van der Waals surface area (Å²) in [7, 11) is 0. The fraction of sp³-hybridized carbons (Fsp3) is 0.333. The fourth-order valence-electron chi connectivity index (χ4n) is 1.68. The van der Waals surface area contributed by atoms with Crippen molar-refractivity contribution in [2.24, 2.45) is 0 Å². The van der Waals surface area contributed by atoms with Gasteiger partial charge in [0.2, 0.25) is 0 Å². The molecule has 0 amide bonds. The number of nitrogens with zero attached hydrogens (tertiary/aromatic N) is 2. The Balaban J connectivity index is 2.65. The first-order valence-electron chi connectivity index (χ1n) is 5.58. The molecule has 0 aromatic carbocycles. The molecule has 0 aliphatic rings. The van der Waals surface area contributed by atoms with Gasteiger partial charge >= 0.3 is 0 Å². The van der Waals surface area contributed by atoms with Crippen molar-refractivity contribution in [3.8, 4) is 0 Å². The molecule has 18 heavy (non-hydrogen) atoms. The molecule has 0 aliphatic carbocycles. The molecule has 0 unspecified atom stereocenters. The van der Waals surface area contributed by atoms with Crippen LogP contribution < -0.4 is 11.1 Å². The number of nitrogen functional groups attached to an aromatic ring is 1. The van der Waals surface area contributed by atoms with E-state index in [9.17, 15) is 8.78 Å². The highest BCUT2D eigenvalue weighted by atomic mass is 19.3. The minimum absolute atomic E-state index is 0.0861. The van der Waals surface area contributed by atoms with Crippen LogP contribution >= 0.6 is 0 Å². The van der Waals surface area contributed by atoms with Gasteiger partial charge in [0.25, 0.3) is 6.43 Å². The molecule has 0 radical (unpaired) electrons. The van der Waals surface area contributed by atoms with E-state index < -0.39 is 6.43 Å². The summed E-state index contributed by atoms with van der Waals surface area (Å²) in [6, 6.07) is 3.04. The first-order chi connectivity index (χ1) is 8.47. The monoisotopic (exact) mass is 252 g/mol. The lowest BCUT2D eigenvalue weighted by Crippen LogP contribution is -2.12. The SMILES string of the molecule is CC(C)Nc1nc(C(F)F)cc2cnc(N)cc12. The minimum Gasteiger partial charge on any atom is -0.384 e. The molecule has 3 N–H and O–H groups in total. The maximum atomic E-state index is 12.8. The summed E-state index contributed by atoms with van der Waals surface area (Å²) in [5.74, 6) is 0.743. The van der Waals surface area contributed by atoms with Crippen molar-refractivity contribution in [2.75, 3.05) is 11.1 Å². The van der Waals surface area contributed by atoms with Crippen LogP contribution in [0.4, 0.5) is 20.4 Å². The lowest BCUT2D eigenvalue weighted by Gasteiger charge is -2.13. The van der Waals surface area contributed by atoms with Crippen molar-refractivity contribution in [3.63, 3.8) is 0 Å². The van der Waals surface area contributed by atoms with E-state index in [-0.39, 0.29) is 11.7 Å². The average molecular weight is 252 g/mol. The zero-order valence-electron chi connectivity index (χ0n) is 10.1. The van der Waals surface area contributed by atoms with Crippen LogP contribution in [0.25, 0.3) is 10.8 Å². The van der Waals surface area contributed by atoms with Gasteiger partial charge in [0.05, 0.1) is 0 Å². The summed E-state index contributed by atoms with van der Waals surface area (Å²) in [5.41, 5.74) is 5.34. The minimum atomic E-state index is -2.61. The topological polar surface area (TPSA) is 63.8 Å². The summed E-state index contributed by atoms with van der Waals surface area (Å²) < 4.78 is 25.5. The number of aromatic nitrogens is 2. The number of fused-ring (bicyclic) bond motifs is 1. The van der Waals surface area contributed by atoms with Gasteiger partial charge in [0.1, 0.15) is 17.3 Å². The zero-order valence-corrected chi connectivity index (χ0v) is 10.1. The molecule has 96 valence electrons. The number of hydrogen-bond donors (Lipinski definition) is 2. The summed E-state index contributed by atoms with van der Waals surface area (Å²) in [5, 5.41) is 4.33. The van der Waals surface area contributed by atoms with E-state index in [1.54, 1.807) is 6.07 Å². The molecule has 0 bridgehead atoms. The molecule has 2 rings (SSSR count). The molecule has 2 aromatic heterocycles. The van der Waals surface area contributed by atoms with E-state index in [4.69, 9.17) is 5.73 Å². The normalized spacial score (nSPS) is 11.4. The van der Waals surface area contributed by atoms with Crippen molar-refractivity contribution < 1.29 is 8.78 Å². The second-order valence-corrected chi connectivity index (χ2v) is 4.33. The summed E-state index contributed by atoms with van der Waals surface area (Å²) in [6.07, 6.45) is -1.14. The van der Waals surface area contributed by atoms with Gasteiger partial charge in [0.15, 0.2) is 0 Å². The zero-order chi connectivity index (χ0) is 13.3. The van der Waals surface area contributed by atoms with Crippen LogP contribution in [-0.2, 0) is 0 Å². The number of rotatable bonds is 3. The first kappa shape index (κ1) is 12.5. The van der Waals surface area contributed by atoms with Crippen LogP contribution in [0.15, 0.2) is 18.3 Å².